The van der Waals surface area contributed by atoms with Crippen LogP contribution in [0.25, 0.3) is 0 Å². The van der Waals surface area contributed by atoms with Crippen LogP contribution in [-0.4, -0.2) is 20.6 Å². The molecule has 0 amide bonds. The van der Waals surface area contributed by atoms with Crippen molar-refractivity contribution in [3.63, 3.8) is 0 Å². The topological polar surface area (TPSA) is 29.3 Å². The Labute approximate surface area is 84.3 Å². The third-order valence-corrected chi connectivity index (χ3v) is 2.23. The molecular formula is C10H15ClN2. The van der Waals surface area contributed by atoms with Crippen LogP contribution in [0.2, 0.25) is 5.02 Å². The van der Waals surface area contributed by atoms with Gasteiger partial charge < -0.3 is 10.6 Å². The minimum absolute atomic E-state index is 0.664. The molecule has 3 heteroatoms. The van der Waals surface area contributed by atoms with Crippen LogP contribution in [0.15, 0.2) is 18.2 Å². The second-order valence-corrected chi connectivity index (χ2v) is 3.63. The minimum atomic E-state index is 0.664. The summed E-state index contributed by atoms with van der Waals surface area (Å²) in [5.41, 5.74) is 7.69. The van der Waals surface area contributed by atoms with Gasteiger partial charge in [0.25, 0.3) is 0 Å². The van der Waals surface area contributed by atoms with Gasteiger partial charge in [-0.25, -0.2) is 0 Å². The van der Waals surface area contributed by atoms with Crippen molar-refractivity contribution in [1.82, 2.24) is 0 Å². The largest absolute Gasteiger partial charge is 0.376 e. The highest BCUT2D eigenvalue weighted by Gasteiger charge is 2.02. The molecule has 0 fully saturated rings. The first-order valence-corrected chi connectivity index (χ1v) is 4.68. The number of halogens is 1. The van der Waals surface area contributed by atoms with E-state index in [1.54, 1.807) is 0 Å². The van der Waals surface area contributed by atoms with Crippen molar-refractivity contribution in [2.75, 3.05) is 25.5 Å². The number of nitrogens with two attached hydrogens (primary N) is 1. The highest BCUT2D eigenvalue weighted by Crippen LogP contribution is 2.25. The lowest BCUT2D eigenvalue weighted by Crippen LogP contribution is -2.09. The molecule has 0 aliphatic carbocycles. The van der Waals surface area contributed by atoms with Crippen molar-refractivity contribution in [1.29, 1.82) is 0 Å². The van der Waals surface area contributed by atoms with E-state index in [4.69, 9.17) is 17.3 Å². The SMILES string of the molecule is CN(C)c1ccc(CCN)cc1Cl. The van der Waals surface area contributed by atoms with Crippen LogP contribution < -0.4 is 10.6 Å². The Morgan fingerprint density at radius 3 is 2.54 bits per heavy atom. The molecule has 72 valence electrons. The van der Waals surface area contributed by atoms with Crippen LogP contribution >= 0.6 is 11.6 Å². The molecule has 0 aliphatic rings. The Balaban J connectivity index is 2.92. The standard InChI is InChI=1S/C10H15ClN2/c1-13(2)10-4-3-8(5-6-12)7-9(10)11/h3-4,7H,5-6,12H2,1-2H3. The molecule has 0 aromatic heterocycles. The molecule has 1 aromatic carbocycles. The van der Waals surface area contributed by atoms with Crippen molar-refractivity contribution in [2.45, 2.75) is 6.42 Å². The normalized spacial score (nSPS) is 10.2. The van der Waals surface area contributed by atoms with Gasteiger partial charge in [-0.1, -0.05) is 17.7 Å². The Kier molecular flexibility index (Phi) is 3.58. The highest BCUT2D eigenvalue weighted by atomic mass is 35.5. The van der Waals surface area contributed by atoms with Crippen LogP contribution in [0.4, 0.5) is 5.69 Å². The summed E-state index contributed by atoms with van der Waals surface area (Å²) in [5.74, 6) is 0. The number of nitrogens with zero attached hydrogens (tertiary/aromatic N) is 1. The van der Waals surface area contributed by atoms with E-state index in [1.165, 1.54) is 5.56 Å². The third kappa shape index (κ3) is 2.61. The van der Waals surface area contributed by atoms with Crippen LogP contribution in [0.5, 0.6) is 0 Å². The van der Waals surface area contributed by atoms with E-state index in [1.807, 2.05) is 31.1 Å². The average molecular weight is 199 g/mol. The minimum Gasteiger partial charge on any atom is -0.376 e. The second kappa shape index (κ2) is 4.49. The Morgan fingerprint density at radius 1 is 1.38 bits per heavy atom. The molecule has 0 heterocycles. The summed E-state index contributed by atoms with van der Waals surface area (Å²) in [5, 5.41) is 0.788. The fourth-order valence-electron chi connectivity index (χ4n) is 1.24. The Bertz CT molecular complexity index is 284. The Hall–Kier alpha value is -0.730. The maximum absolute atomic E-state index is 6.08. The van der Waals surface area contributed by atoms with Crippen LogP contribution in [0.1, 0.15) is 5.56 Å². The highest BCUT2D eigenvalue weighted by molar-refractivity contribution is 6.33. The van der Waals surface area contributed by atoms with Crippen molar-refractivity contribution in [3.05, 3.63) is 28.8 Å². The third-order valence-electron chi connectivity index (χ3n) is 1.93. The molecular weight excluding hydrogens is 184 g/mol. The van der Waals surface area contributed by atoms with Crippen molar-refractivity contribution >= 4 is 17.3 Å². The van der Waals surface area contributed by atoms with E-state index in [9.17, 15) is 0 Å². The maximum atomic E-state index is 6.08. The van der Waals surface area contributed by atoms with E-state index in [0.29, 0.717) is 6.54 Å². The molecule has 1 aromatic rings. The molecule has 2 N–H and O–H groups in total. The van der Waals surface area contributed by atoms with Gasteiger partial charge in [-0.05, 0) is 30.7 Å². The van der Waals surface area contributed by atoms with Gasteiger partial charge in [0.2, 0.25) is 0 Å². The average Bonchev–Trinajstić information content (AvgIpc) is 2.04. The lowest BCUT2D eigenvalue weighted by Gasteiger charge is -2.14. The molecule has 0 bridgehead atoms. The molecule has 0 radical (unpaired) electrons. The lowest BCUT2D eigenvalue weighted by atomic mass is 10.1. The van der Waals surface area contributed by atoms with Crippen LogP contribution in [0, 0.1) is 0 Å². The van der Waals surface area contributed by atoms with E-state index in [0.717, 1.165) is 17.1 Å². The van der Waals surface area contributed by atoms with E-state index in [2.05, 4.69) is 6.07 Å². The predicted octanol–water partition coefficient (Wildman–Crippen LogP) is 1.91. The summed E-state index contributed by atoms with van der Waals surface area (Å²) >= 11 is 6.08. The summed E-state index contributed by atoms with van der Waals surface area (Å²) in [7, 11) is 3.95. The summed E-state index contributed by atoms with van der Waals surface area (Å²) in [4.78, 5) is 1.99. The van der Waals surface area contributed by atoms with Gasteiger partial charge in [0.15, 0.2) is 0 Å². The molecule has 13 heavy (non-hydrogen) atoms. The van der Waals surface area contributed by atoms with E-state index in [-0.39, 0.29) is 0 Å². The number of anilines is 1. The fourth-order valence-corrected chi connectivity index (χ4v) is 1.61. The molecule has 0 saturated carbocycles. The van der Waals surface area contributed by atoms with Gasteiger partial charge in [-0.15, -0.1) is 0 Å². The van der Waals surface area contributed by atoms with Crippen molar-refractivity contribution in [3.8, 4) is 0 Å². The van der Waals surface area contributed by atoms with Gasteiger partial charge in [0, 0.05) is 14.1 Å². The smallest absolute Gasteiger partial charge is 0.0642 e. The van der Waals surface area contributed by atoms with Gasteiger partial charge in [0.05, 0.1) is 10.7 Å². The molecule has 2 nitrogen and oxygen atoms in total. The van der Waals surface area contributed by atoms with Gasteiger partial charge in [-0.2, -0.15) is 0 Å². The lowest BCUT2D eigenvalue weighted by molar-refractivity contribution is 0.967. The van der Waals surface area contributed by atoms with E-state index >= 15 is 0 Å². The summed E-state index contributed by atoms with van der Waals surface area (Å²) in [6.07, 6.45) is 0.882. The fraction of sp³-hybridized carbons (Fsp3) is 0.400. The van der Waals surface area contributed by atoms with Gasteiger partial charge in [-0.3, -0.25) is 0 Å². The quantitative estimate of drug-likeness (QED) is 0.804. The van der Waals surface area contributed by atoms with E-state index < -0.39 is 0 Å². The summed E-state index contributed by atoms with van der Waals surface area (Å²) < 4.78 is 0. The first kappa shape index (κ1) is 10.4. The first-order valence-electron chi connectivity index (χ1n) is 4.31. The molecule has 0 spiro atoms. The molecule has 0 saturated heterocycles. The zero-order valence-electron chi connectivity index (χ0n) is 8.05. The molecule has 1 rings (SSSR count). The molecule has 0 unspecified atom stereocenters. The van der Waals surface area contributed by atoms with Gasteiger partial charge in [0.1, 0.15) is 0 Å². The predicted molar refractivity (Wildman–Crippen MR) is 58.5 cm³/mol. The summed E-state index contributed by atoms with van der Waals surface area (Å²) in [6.45, 7) is 0.664. The molecule has 0 atom stereocenters. The first-order chi connectivity index (χ1) is 6.15. The molecule has 0 aliphatic heterocycles. The zero-order valence-corrected chi connectivity index (χ0v) is 8.80. The number of hydrogen-bond acceptors (Lipinski definition) is 2. The number of rotatable bonds is 3. The second-order valence-electron chi connectivity index (χ2n) is 3.22. The zero-order chi connectivity index (χ0) is 9.84. The van der Waals surface area contributed by atoms with Crippen molar-refractivity contribution in [2.24, 2.45) is 5.73 Å². The maximum Gasteiger partial charge on any atom is 0.0642 e. The Morgan fingerprint density at radius 2 is 2.08 bits per heavy atom. The monoisotopic (exact) mass is 198 g/mol. The number of hydrogen-bond donors (Lipinski definition) is 1. The van der Waals surface area contributed by atoms with Crippen molar-refractivity contribution < 1.29 is 0 Å². The van der Waals surface area contributed by atoms with Gasteiger partial charge >= 0.3 is 0 Å². The van der Waals surface area contributed by atoms with Crippen LogP contribution in [0.3, 0.4) is 0 Å². The number of benzene rings is 1. The summed E-state index contributed by atoms with van der Waals surface area (Å²) in [6, 6.07) is 6.06. The van der Waals surface area contributed by atoms with Crippen LogP contribution in [-0.2, 0) is 6.42 Å².